The number of para-hydroxylation sites is 1. The van der Waals surface area contributed by atoms with Crippen molar-refractivity contribution in [1.82, 2.24) is 14.8 Å². The highest BCUT2D eigenvalue weighted by molar-refractivity contribution is 6.02. The molecule has 0 unspecified atom stereocenters. The number of carbonyl (C=O) groups excluding carboxylic acids is 1. The van der Waals surface area contributed by atoms with E-state index in [4.69, 9.17) is 0 Å². The number of amides is 1. The Morgan fingerprint density at radius 1 is 1.18 bits per heavy atom. The SMILES string of the molecule is O=C(Nc1ncccc1O)c1ccn(-c2ccccc2F)n1. The van der Waals surface area contributed by atoms with Crippen molar-refractivity contribution in [1.29, 1.82) is 0 Å². The van der Waals surface area contributed by atoms with Crippen LogP contribution in [0.5, 0.6) is 5.75 Å². The largest absolute Gasteiger partial charge is 0.504 e. The van der Waals surface area contributed by atoms with Crippen LogP contribution < -0.4 is 5.32 Å². The highest BCUT2D eigenvalue weighted by Gasteiger charge is 2.14. The molecule has 3 aromatic rings. The number of carbonyl (C=O) groups is 1. The summed E-state index contributed by atoms with van der Waals surface area (Å²) in [7, 11) is 0. The van der Waals surface area contributed by atoms with E-state index in [1.807, 2.05) is 0 Å². The van der Waals surface area contributed by atoms with Gasteiger partial charge in [-0.3, -0.25) is 4.79 Å². The lowest BCUT2D eigenvalue weighted by atomic mass is 10.3. The number of aromatic nitrogens is 3. The zero-order valence-corrected chi connectivity index (χ0v) is 11.3. The number of aromatic hydroxyl groups is 1. The minimum absolute atomic E-state index is 0.0351. The first-order valence-corrected chi connectivity index (χ1v) is 6.41. The molecule has 0 saturated heterocycles. The molecule has 0 bridgehead atoms. The van der Waals surface area contributed by atoms with Crippen LogP contribution in [0.4, 0.5) is 10.2 Å². The molecule has 0 saturated carbocycles. The van der Waals surface area contributed by atoms with Crippen molar-refractivity contribution in [3.8, 4) is 11.4 Å². The minimum Gasteiger partial charge on any atom is -0.504 e. The first-order valence-electron chi connectivity index (χ1n) is 6.41. The van der Waals surface area contributed by atoms with Crippen LogP contribution >= 0.6 is 0 Å². The third kappa shape index (κ3) is 2.64. The zero-order chi connectivity index (χ0) is 15.5. The first kappa shape index (κ1) is 13.7. The van der Waals surface area contributed by atoms with Crippen molar-refractivity contribution >= 4 is 11.7 Å². The number of anilines is 1. The van der Waals surface area contributed by atoms with E-state index in [9.17, 15) is 14.3 Å². The summed E-state index contributed by atoms with van der Waals surface area (Å²) in [6, 6.07) is 10.5. The molecule has 0 fully saturated rings. The van der Waals surface area contributed by atoms with Gasteiger partial charge in [0.05, 0.1) is 0 Å². The standard InChI is InChI=1S/C15H11FN4O2/c16-10-4-1-2-5-12(10)20-9-7-11(19-20)15(22)18-14-13(21)6-3-8-17-14/h1-9,21H,(H,17,18,22). The fourth-order valence-electron chi connectivity index (χ4n) is 1.88. The van der Waals surface area contributed by atoms with Gasteiger partial charge in [0.25, 0.3) is 5.91 Å². The third-order valence-electron chi connectivity index (χ3n) is 2.94. The number of nitrogens with zero attached hydrogens (tertiary/aromatic N) is 3. The Labute approximate surface area is 124 Å². The van der Waals surface area contributed by atoms with Crippen LogP contribution in [0.15, 0.2) is 54.9 Å². The number of nitrogens with one attached hydrogen (secondary N) is 1. The maximum absolute atomic E-state index is 13.7. The van der Waals surface area contributed by atoms with E-state index in [2.05, 4.69) is 15.4 Å². The second-order valence-electron chi connectivity index (χ2n) is 4.42. The molecule has 0 aliphatic rings. The summed E-state index contributed by atoms with van der Waals surface area (Å²) < 4.78 is 14.9. The maximum atomic E-state index is 13.7. The monoisotopic (exact) mass is 298 g/mol. The quantitative estimate of drug-likeness (QED) is 0.778. The Bertz CT molecular complexity index is 832. The summed E-state index contributed by atoms with van der Waals surface area (Å²) in [5, 5.41) is 16.0. The lowest BCUT2D eigenvalue weighted by Gasteiger charge is -2.04. The van der Waals surface area contributed by atoms with Crippen molar-refractivity contribution in [2.24, 2.45) is 0 Å². The lowest BCUT2D eigenvalue weighted by molar-refractivity contribution is 0.102. The van der Waals surface area contributed by atoms with Crippen LogP contribution in [0, 0.1) is 5.82 Å². The van der Waals surface area contributed by atoms with Gasteiger partial charge in [0, 0.05) is 12.4 Å². The zero-order valence-electron chi connectivity index (χ0n) is 11.3. The van der Waals surface area contributed by atoms with E-state index >= 15 is 0 Å². The van der Waals surface area contributed by atoms with Gasteiger partial charge in [0.15, 0.2) is 17.3 Å². The topological polar surface area (TPSA) is 80.0 Å². The van der Waals surface area contributed by atoms with E-state index in [1.165, 1.54) is 41.3 Å². The van der Waals surface area contributed by atoms with Crippen molar-refractivity contribution in [2.75, 3.05) is 5.32 Å². The molecule has 0 spiro atoms. The number of pyridine rings is 1. The molecule has 0 aliphatic carbocycles. The van der Waals surface area contributed by atoms with Gasteiger partial charge < -0.3 is 10.4 Å². The average Bonchev–Trinajstić information content (AvgIpc) is 3.00. The molecule has 7 heteroatoms. The normalized spacial score (nSPS) is 10.4. The van der Waals surface area contributed by atoms with Crippen molar-refractivity contribution in [3.05, 3.63) is 66.4 Å². The minimum atomic E-state index is -0.552. The molecule has 3 rings (SSSR count). The second-order valence-corrected chi connectivity index (χ2v) is 4.42. The number of halogens is 1. The van der Waals surface area contributed by atoms with Gasteiger partial charge in [0.2, 0.25) is 0 Å². The summed E-state index contributed by atoms with van der Waals surface area (Å²) in [5.41, 5.74) is 0.315. The Hall–Kier alpha value is -3.22. The number of hydrogen-bond acceptors (Lipinski definition) is 4. The second kappa shape index (κ2) is 5.65. The smallest absolute Gasteiger partial charge is 0.277 e. The van der Waals surface area contributed by atoms with Crippen LogP contribution in [0.3, 0.4) is 0 Å². The number of hydrogen-bond donors (Lipinski definition) is 2. The van der Waals surface area contributed by atoms with Crippen LogP contribution in [0.2, 0.25) is 0 Å². The molecule has 2 N–H and O–H groups in total. The fraction of sp³-hybridized carbons (Fsp3) is 0. The fourth-order valence-corrected chi connectivity index (χ4v) is 1.88. The number of benzene rings is 1. The average molecular weight is 298 g/mol. The van der Waals surface area contributed by atoms with Gasteiger partial charge in [-0.1, -0.05) is 12.1 Å². The summed E-state index contributed by atoms with van der Waals surface area (Å²) in [6.45, 7) is 0. The molecular weight excluding hydrogens is 287 g/mol. The predicted molar refractivity (Wildman–Crippen MR) is 77.4 cm³/mol. The summed E-state index contributed by atoms with van der Waals surface area (Å²) in [5.74, 6) is -1.11. The van der Waals surface area contributed by atoms with Crippen molar-refractivity contribution in [2.45, 2.75) is 0 Å². The molecular formula is C15H11FN4O2. The van der Waals surface area contributed by atoms with Gasteiger partial charge >= 0.3 is 0 Å². The van der Waals surface area contributed by atoms with Gasteiger partial charge in [0.1, 0.15) is 11.5 Å². The molecule has 1 aromatic carbocycles. The van der Waals surface area contributed by atoms with Crippen LogP contribution in [-0.2, 0) is 0 Å². The molecule has 110 valence electrons. The Morgan fingerprint density at radius 2 is 2.00 bits per heavy atom. The van der Waals surface area contributed by atoms with Crippen molar-refractivity contribution in [3.63, 3.8) is 0 Å². The molecule has 0 aliphatic heterocycles. The Morgan fingerprint density at radius 3 is 2.77 bits per heavy atom. The first-order chi connectivity index (χ1) is 10.6. The van der Waals surface area contributed by atoms with Gasteiger partial charge in [-0.2, -0.15) is 5.10 Å². The van der Waals surface area contributed by atoms with E-state index in [1.54, 1.807) is 18.2 Å². The molecule has 0 atom stereocenters. The molecule has 22 heavy (non-hydrogen) atoms. The molecule has 1 amide bonds. The van der Waals surface area contributed by atoms with Crippen molar-refractivity contribution < 1.29 is 14.3 Å². The van der Waals surface area contributed by atoms with Gasteiger partial charge in [-0.15, -0.1) is 0 Å². The summed E-state index contributed by atoms with van der Waals surface area (Å²) >= 11 is 0. The Balaban J connectivity index is 1.84. The summed E-state index contributed by atoms with van der Waals surface area (Å²) in [6.07, 6.45) is 2.92. The maximum Gasteiger partial charge on any atom is 0.277 e. The van der Waals surface area contributed by atoms with Crippen LogP contribution in [0.1, 0.15) is 10.5 Å². The lowest BCUT2D eigenvalue weighted by Crippen LogP contribution is -2.14. The highest BCUT2D eigenvalue weighted by atomic mass is 19.1. The molecule has 0 radical (unpaired) electrons. The molecule has 2 aromatic heterocycles. The molecule has 2 heterocycles. The van der Waals surface area contributed by atoms with E-state index in [0.29, 0.717) is 0 Å². The molecule has 6 nitrogen and oxygen atoms in total. The van der Waals surface area contributed by atoms with E-state index < -0.39 is 11.7 Å². The van der Waals surface area contributed by atoms with Gasteiger partial charge in [-0.25, -0.2) is 14.1 Å². The van der Waals surface area contributed by atoms with E-state index in [0.717, 1.165) is 0 Å². The third-order valence-corrected chi connectivity index (χ3v) is 2.94. The summed E-state index contributed by atoms with van der Waals surface area (Å²) in [4.78, 5) is 15.9. The van der Waals surface area contributed by atoms with Crippen LogP contribution in [-0.4, -0.2) is 25.8 Å². The number of rotatable bonds is 3. The van der Waals surface area contributed by atoms with Gasteiger partial charge in [-0.05, 0) is 30.3 Å². The predicted octanol–water partition coefficient (Wildman–Crippen LogP) is 2.36. The Kier molecular flexibility index (Phi) is 3.53. The van der Waals surface area contributed by atoms with E-state index in [-0.39, 0.29) is 22.9 Å². The highest BCUT2D eigenvalue weighted by Crippen LogP contribution is 2.19. The van der Waals surface area contributed by atoms with Crippen LogP contribution in [0.25, 0.3) is 5.69 Å².